The molecule has 3 atom stereocenters. The van der Waals surface area contributed by atoms with Crippen molar-refractivity contribution in [1.82, 2.24) is 4.90 Å². The van der Waals surface area contributed by atoms with Gasteiger partial charge in [0.25, 0.3) is 0 Å². The Morgan fingerprint density at radius 3 is 2.61 bits per heavy atom. The van der Waals surface area contributed by atoms with Crippen LogP contribution in [0.15, 0.2) is 54.6 Å². The molecule has 2 N–H and O–H groups in total. The van der Waals surface area contributed by atoms with Crippen LogP contribution < -0.4 is 9.47 Å². The molecule has 3 aromatic rings. The molecule has 0 saturated carbocycles. The quantitative estimate of drug-likeness (QED) is 0.403. The summed E-state index contributed by atoms with van der Waals surface area (Å²) in [6, 6.07) is 17.3. The van der Waals surface area contributed by atoms with Gasteiger partial charge in [-0.3, -0.25) is 4.90 Å². The van der Waals surface area contributed by atoms with Crippen molar-refractivity contribution in [2.24, 2.45) is 5.92 Å². The fourth-order valence-electron chi connectivity index (χ4n) is 5.38. The lowest BCUT2D eigenvalue weighted by molar-refractivity contribution is 0.169. The number of fused-ring (bicyclic) bond motifs is 1. The summed E-state index contributed by atoms with van der Waals surface area (Å²) in [6.45, 7) is 8.99. The number of ether oxygens (including phenoxy) is 2. The number of phenolic OH excluding ortho intramolecular Hbond substituents is 2. The van der Waals surface area contributed by atoms with E-state index in [9.17, 15) is 15.5 Å². The van der Waals surface area contributed by atoms with Crippen molar-refractivity contribution in [3.8, 4) is 29.1 Å². The molecule has 2 heterocycles. The van der Waals surface area contributed by atoms with Crippen molar-refractivity contribution in [2.45, 2.75) is 39.3 Å². The highest BCUT2D eigenvalue weighted by Crippen LogP contribution is 2.49. The van der Waals surface area contributed by atoms with E-state index in [4.69, 9.17) is 9.47 Å². The van der Waals surface area contributed by atoms with Crippen LogP contribution in [0.1, 0.15) is 55.5 Å². The molecule has 38 heavy (non-hydrogen) atoms. The fraction of sp³-hybridized carbons (Fsp3) is 0.323. The molecule has 0 spiro atoms. The van der Waals surface area contributed by atoms with E-state index in [1.807, 2.05) is 24.3 Å². The number of nitriles is 1. The molecular formula is C31H31FN2O4. The maximum atomic E-state index is 15.0. The Kier molecular flexibility index (Phi) is 7.00. The maximum Gasteiger partial charge on any atom is 0.176 e. The Morgan fingerprint density at radius 1 is 1.16 bits per heavy atom. The smallest absolute Gasteiger partial charge is 0.176 e. The molecule has 7 heteroatoms. The molecule has 5 rings (SSSR count). The number of halogens is 1. The van der Waals surface area contributed by atoms with Crippen LogP contribution in [-0.4, -0.2) is 40.9 Å². The van der Waals surface area contributed by atoms with Gasteiger partial charge >= 0.3 is 0 Å². The zero-order chi connectivity index (χ0) is 27.0. The number of aromatic hydroxyl groups is 2. The summed E-state index contributed by atoms with van der Waals surface area (Å²) >= 11 is 0. The first-order valence-electron chi connectivity index (χ1n) is 12.9. The van der Waals surface area contributed by atoms with Gasteiger partial charge in [-0.1, -0.05) is 19.1 Å². The van der Waals surface area contributed by atoms with Crippen molar-refractivity contribution >= 4 is 11.1 Å². The van der Waals surface area contributed by atoms with E-state index < -0.39 is 17.7 Å². The molecule has 196 valence electrons. The van der Waals surface area contributed by atoms with Crippen LogP contribution in [0.4, 0.5) is 4.39 Å². The highest BCUT2D eigenvalue weighted by atomic mass is 19.1. The van der Waals surface area contributed by atoms with Crippen molar-refractivity contribution in [3.05, 3.63) is 82.7 Å². The Morgan fingerprint density at radius 2 is 1.92 bits per heavy atom. The molecule has 0 amide bonds. The SMILES string of the molecule is CC1=C(c2cc(O)cc(C#N)c2)C(c2ccc(OCC(C)N3CCC(C)C3)cc2)Oc2ccc(O)c(F)c21. The molecule has 0 bridgehead atoms. The summed E-state index contributed by atoms with van der Waals surface area (Å²) in [6.07, 6.45) is 0.580. The first-order chi connectivity index (χ1) is 18.2. The van der Waals surface area contributed by atoms with E-state index in [0.29, 0.717) is 35.1 Å². The van der Waals surface area contributed by atoms with Gasteiger partial charge in [-0.25, -0.2) is 4.39 Å². The monoisotopic (exact) mass is 514 g/mol. The number of likely N-dealkylation sites (tertiary alicyclic amines) is 1. The van der Waals surface area contributed by atoms with Crippen molar-refractivity contribution in [2.75, 3.05) is 19.7 Å². The van der Waals surface area contributed by atoms with Gasteiger partial charge in [0.2, 0.25) is 0 Å². The van der Waals surface area contributed by atoms with E-state index in [1.54, 1.807) is 19.1 Å². The molecule has 1 fully saturated rings. The third-order valence-corrected chi connectivity index (χ3v) is 7.48. The second-order valence-corrected chi connectivity index (χ2v) is 10.3. The van der Waals surface area contributed by atoms with Crippen LogP contribution in [0.3, 0.4) is 0 Å². The molecular weight excluding hydrogens is 483 g/mol. The van der Waals surface area contributed by atoms with Gasteiger partial charge in [-0.15, -0.1) is 0 Å². The Labute approximate surface area is 222 Å². The largest absolute Gasteiger partial charge is 0.508 e. The molecule has 3 unspecified atom stereocenters. The molecule has 2 aliphatic rings. The lowest BCUT2D eigenvalue weighted by Crippen LogP contribution is -2.35. The third-order valence-electron chi connectivity index (χ3n) is 7.48. The average molecular weight is 515 g/mol. The zero-order valence-corrected chi connectivity index (χ0v) is 21.7. The molecule has 2 aliphatic heterocycles. The minimum atomic E-state index is -0.776. The molecule has 0 aromatic heterocycles. The lowest BCUT2D eigenvalue weighted by Gasteiger charge is -2.31. The topological polar surface area (TPSA) is 86.0 Å². The van der Waals surface area contributed by atoms with Gasteiger partial charge in [0, 0.05) is 18.2 Å². The second kappa shape index (κ2) is 10.4. The van der Waals surface area contributed by atoms with Crippen molar-refractivity contribution in [3.63, 3.8) is 0 Å². The van der Waals surface area contributed by atoms with E-state index in [-0.39, 0.29) is 16.9 Å². The minimum Gasteiger partial charge on any atom is -0.508 e. The van der Waals surface area contributed by atoms with Gasteiger partial charge in [-0.2, -0.15) is 5.26 Å². The summed E-state index contributed by atoms with van der Waals surface area (Å²) < 4.78 is 27.4. The van der Waals surface area contributed by atoms with Crippen LogP contribution in [0.2, 0.25) is 0 Å². The van der Waals surface area contributed by atoms with Gasteiger partial charge in [0.1, 0.15) is 30.0 Å². The standard InChI is InChI=1S/C31H31FN2O4/c1-18-10-11-34(16-18)19(2)17-37-25-6-4-22(5-7-25)31-28(23-12-21(15-33)13-24(35)14-23)20(3)29-27(38-31)9-8-26(36)30(29)32/h4-9,12-14,18-19,31,35-36H,10-11,16-17H2,1-3H3. The normalized spacial score (nSPS) is 20.0. The van der Waals surface area contributed by atoms with Gasteiger partial charge in [0.05, 0.1) is 17.2 Å². The molecule has 0 radical (unpaired) electrons. The number of allylic oxidation sites excluding steroid dienone is 1. The van der Waals surface area contributed by atoms with Gasteiger partial charge in [0.15, 0.2) is 11.6 Å². The zero-order valence-electron chi connectivity index (χ0n) is 21.7. The molecule has 1 saturated heterocycles. The predicted octanol–water partition coefficient (Wildman–Crippen LogP) is 6.28. The summed E-state index contributed by atoms with van der Waals surface area (Å²) in [4.78, 5) is 2.45. The first kappa shape index (κ1) is 25.6. The highest BCUT2D eigenvalue weighted by molar-refractivity contribution is 5.96. The summed E-state index contributed by atoms with van der Waals surface area (Å²) in [7, 11) is 0. The first-order valence-corrected chi connectivity index (χ1v) is 12.9. The lowest BCUT2D eigenvalue weighted by atomic mass is 9.85. The Hall–Kier alpha value is -4.02. The number of rotatable bonds is 6. The average Bonchev–Trinajstić information content (AvgIpc) is 3.35. The van der Waals surface area contributed by atoms with E-state index in [2.05, 4.69) is 24.8 Å². The summed E-state index contributed by atoms with van der Waals surface area (Å²) in [5.74, 6) is 0.438. The minimum absolute atomic E-state index is 0.0782. The third kappa shape index (κ3) is 4.92. The molecule has 6 nitrogen and oxygen atoms in total. The van der Waals surface area contributed by atoms with E-state index >= 15 is 4.39 Å². The number of nitrogens with zero attached hydrogens (tertiary/aromatic N) is 2. The summed E-state index contributed by atoms with van der Waals surface area (Å²) in [5, 5.41) is 29.7. The molecule has 3 aromatic carbocycles. The Bertz CT molecular complexity index is 1430. The van der Waals surface area contributed by atoms with Crippen molar-refractivity contribution < 1.29 is 24.1 Å². The number of hydrogen-bond donors (Lipinski definition) is 2. The van der Waals surface area contributed by atoms with E-state index in [1.165, 1.54) is 24.6 Å². The number of phenols is 2. The molecule has 0 aliphatic carbocycles. The second-order valence-electron chi connectivity index (χ2n) is 10.3. The van der Waals surface area contributed by atoms with Crippen LogP contribution in [0.5, 0.6) is 23.0 Å². The Balaban J connectivity index is 1.47. The number of benzene rings is 3. The predicted molar refractivity (Wildman–Crippen MR) is 143 cm³/mol. The highest BCUT2D eigenvalue weighted by Gasteiger charge is 2.32. The van der Waals surface area contributed by atoms with E-state index in [0.717, 1.165) is 30.3 Å². The number of hydrogen-bond acceptors (Lipinski definition) is 6. The fourth-order valence-corrected chi connectivity index (χ4v) is 5.38. The van der Waals surface area contributed by atoms with Crippen LogP contribution >= 0.6 is 0 Å². The van der Waals surface area contributed by atoms with Crippen molar-refractivity contribution in [1.29, 1.82) is 5.26 Å². The van der Waals surface area contributed by atoms with Gasteiger partial charge in [-0.05, 0) is 91.9 Å². The van der Waals surface area contributed by atoms with Crippen LogP contribution in [0.25, 0.3) is 11.1 Å². The van der Waals surface area contributed by atoms with Crippen LogP contribution in [0, 0.1) is 23.1 Å². The van der Waals surface area contributed by atoms with Crippen LogP contribution in [-0.2, 0) is 0 Å². The van der Waals surface area contributed by atoms with Gasteiger partial charge < -0.3 is 19.7 Å². The maximum absolute atomic E-state index is 15.0. The summed E-state index contributed by atoms with van der Waals surface area (Å²) in [5.41, 5.74) is 2.91.